The molecule has 1 N–H and O–H groups in total. The Morgan fingerprint density at radius 1 is 1.00 bits per heavy atom. The first-order chi connectivity index (χ1) is 15.5. The predicted molar refractivity (Wildman–Crippen MR) is 130 cm³/mol. The van der Waals surface area contributed by atoms with Crippen molar-refractivity contribution in [1.29, 1.82) is 0 Å². The second-order valence-electron chi connectivity index (χ2n) is 8.56. The van der Waals surface area contributed by atoms with E-state index in [1.165, 1.54) is 35.7 Å². The Balaban J connectivity index is 1.47. The monoisotopic (exact) mass is 449 g/mol. The van der Waals surface area contributed by atoms with Crippen LogP contribution in [0.5, 0.6) is 0 Å². The van der Waals surface area contributed by atoms with Crippen molar-refractivity contribution >= 4 is 23.4 Å². The van der Waals surface area contributed by atoms with Crippen LogP contribution in [0.1, 0.15) is 40.9 Å². The zero-order valence-corrected chi connectivity index (χ0v) is 19.9. The van der Waals surface area contributed by atoms with E-state index in [1.54, 1.807) is 0 Å². The van der Waals surface area contributed by atoms with Gasteiger partial charge in [-0.15, -0.1) is 10.2 Å². The summed E-state index contributed by atoms with van der Waals surface area (Å²) in [6.45, 7) is 9.86. The molecule has 0 saturated carbocycles. The Morgan fingerprint density at radius 2 is 1.69 bits per heavy atom. The van der Waals surface area contributed by atoms with Crippen LogP contribution in [0.25, 0.3) is 0 Å². The van der Waals surface area contributed by atoms with E-state index >= 15 is 0 Å². The highest BCUT2D eigenvalue weighted by Crippen LogP contribution is 2.24. The van der Waals surface area contributed by atoms with Gasteiger partial charge in [0, 0.05) is 5.69 Å². The Morgan fingerprint density at radius 3 is 2.38 bits per heavy atom. The summed E-state index contributed by atoms with van der Waals surface area (Å²) in [5.41, 5.74) is 5.47. The Hall–Kier alpha value is -2.64. The molecule has 7 heteroatoms. The molecule has 6 nitrogen and oxygen atoms in total. The number of hydrogen-bond acceptors (Lipinski definition) is 5. The van der Waals surface area contributed by atoms with E-state index in [9.17, 15) is 4.79 Å². The maximum absolute atomic E-state index is 12.7. The summed E-state index contributed by atoms with van der Waals surface area (Å²) in [4.78, 5) is 15.2. The molecule has 0 spiro atoms. The Labute approximate surface area is 194 Å². The fourth-order valence-electron chi connectivity index (χ4n) is 4.29. The molecule has 0 unspecified atom stereocenters. The average Bonchev–Trinajstić information content (AvgIpc) is 3.41. The first kappa shape index (κ1) is 22.6. The fourth-order valence-corrected chi connectivity index (χ4v) is 5.05. The molecule has 1 aliphatic heterocycles. The summed E-state index contributed by atoms with van der Waals surface area (Å²) in [5.74, 6) is 1.23. The smallest absolute Gasteiger partial charge is 0.234 e. The highest BCUT2D eigenvalue weighted by Gasteiger charge is 2.19. The van der Waals surface area contributed by atoms with Crippen LogP contribution in [0.3, 0.4) is 0 Å². The van der Waals surface area contributed by atoms with Gasteiger partial charge in [-0.25, -0.2) is 0 Å². The molecule has 4 rings (SSSR count). The molecular formula is C25H31N5OS. The zero-order valence-electron chi connectivity index (χ0n) is 19.1. The van der Waals surface area contributed by atoms with Gasteiger partial charge in [-0.2, -0.15) is 0 Å². The number of carbonyl (C=O) groups is 1. The summed E-state index contributed by atoms with van der Waals surface area (Å²) in [6.07, 6.45) is 2.49. The van der Waals surface area contributed by atoms with Crippen molar-refractivity contribution in [2.24, 2.45) is 0 Å². The van der Waals surface area contributed by atoms with E-state index in [0.29, 0.717) is 12.3 Å². The number of carbonyl (C=O) groups excluding carboxylic acids is 1. The number of amides is 1. The maximum atomic E-state index is 12.7. The quantitative estimate of drug-likeness (QED) is 0.510. The summed E-state index contributed by atoms with van der Waals surface area (Å²) in [6, 6.07) is 14.5. The first-order valence-electron chi connectivity index (χ1n) is 11.2. The highest BCUT2D eigenvalue weighted by atomic mass is 32.2. The summed E-state index contributed by atoms with van der Waals surface area (Å²) >= 11 is 1.45. The van der Waals surface area contributed by atoms with Gasteiger partial charge in [0.05, 0.1) is 18.8 Å². The van der Waals surface area contributed by atoms with Gasteiger partial charge in [0.15, 0.2) is 5.16 Å². The minimum absolute atomic E-state index is 0.0274. The number of nitrogens with zero attached hydrogens (tertiary/aromatic N) is 4. The lowest BCUT2D eigenvalue weighted by Gasteiger charge is -2.16. The van der Waals surface area contributed by atoms with Crippen molar-refractivity contribution in [3.63, 3.8) is 0 Å². The van der Waals surface area contributed by atoms with Crippen molar-refractivity contribution in [2.45, 2.75) is 51.9 Å². The van der Waals surface area contributed by atoms with Crippen LogP contribution in [-0.4, -0.2) is 44.4 Å². The normalized spacial score (nSPS) is 14.1. The molecule has 1 aromatic heterocycles. The Bertz CT molecular complexity index is 1050. The molecule has 3 aromatic rings. The van der Waals surface area contributed by atoms with Crippen molar-refractivity contribution in [2.75, 3.05) is 24.2 Å². The number of rotatable bonds is 8. The van der Waals surface area contributed by atoms with Crippen molar-refractivity contribution in [1.82, 2.24) is 19.7 Å². The fraction of sp³-hybridized carbons (Fsp3) is 0.400. The SMILES string of the molecule is Cc1cc(C)c(NC(=O)CSc2nnc(CN3CCCC3)n2Cc2ccccc2)c(C)c1. The molecule has 1 fully saturated rings. The standard InChI is InChI=1S/C25H31N5OS/c1-18-13-19(2)24(20(3)14-18)26-23(31)17-32-25-28-27-22(16-29-11-7-8-12-29)30(25)15-21-9-5-4-6-10-21/h4-6,9-10,13-14H,7-8,11-12,15-17H2,1-3H3,(H,26,31). The van der Waals surface area contributed by atoms with Crippen molar-refractivity contribution in [3.8, 4) is 0 Å². The molecule has 0 atom stereocenters. The first-order valence-corrected chi connectivity index (χ1v) is 12.2. The van der Waals surface area contributed by atoms with Crippen LogP contribution in [0.15, 0.2) is 47.6 Å². The number of anilines is 1. The molecule has 32 heavy (non-hydrogen) atoms. The lowest BCUT2D eigenvalue weighted by Crippen LogP contribution is -2.22. The molecule has 2 heterocycles. The van der Waals surface area contributed by atoms with Gasteiger partial charge in [0.2, 0.25) is 5.91 Å². The molecule has 1 amide bonds. The van der Waals surface area contributed by atoms with Gasteiger partial charge in [0.1, 0.15) is 5.82 Å². The summed E-state index contributed by atoms with van der Waals surface area (Å²) in [7, 11) is 0. The number of thioether (sulfide) groups is 1. The second-order valence-corrected chi connectivity index (χ2v) is 9.51. The van der Waals surface area contributed by atoms with Gasteiger partial charge in [-0.1, -0.05) is 59.8 Å². The number of aryl methyl sites for hydroxylation is 3. The number of aromatic nitrogens is 3. The lowest BCUT2D eigenvalue weighted by molar-refractivity contribution is -0.113. The van der Waals surface area contributed by atoms with E-state index < -0.39 is 0 Å². The van der Waals surface area contributed by atoms with Crippen LogP contribution >= 0.6 is 11.8 Å². The molecule has 168 valence electrons. The molecule has 0 radical (unpaired) electrons. The molecule has 0 aliphatic carbocycles. The van der Waals surface area contributed by atoms with Gasteiger partial charge in [-0.3, -0.25) is 9.69 Å². The van der Waals surface area contributed by atoms with Gasteiger partial charge in [-0.05, 0) is 63.4 Å². The highest BCUT2D eigenvalue weighted by molar-refractivity contribution is 7.99. The van der Waals surface area contributed by atoms with Crippen LogP contribution < -0.4 is 5.32 Å². The van der Waals surface area contributed by atoms with Crippen molar-refractivity contribution in [3.05, 3.63) is 70.5 Å². The predicted octanol–water partition coefficient (Wildman–Crippen LogP) is 4.58. The van der Waals surface area contributed by atoms with Crippen LogP contribution in [-0.2, 0) is 17.9 Å². The lowest BCUT2D eigenvalue weighted by atomic mass is 10.1. The van der Waals surface area contributed by atoms with E-state index in [0.717, 1.165) is 47.4 Å². The molecule has 0 bridgehead atoms. The number of likely N-dealkylation sites (tertiary alicyclic amines) is 1. The van der Waals surface area contributed by atoms with Gasteiger partial charge < -0.3 is 9.88 Å². The molecule has 2 aromatic carbocycles. The number of hydrogen-bond donors (Lipinski definition) is 1. The minimum atomic E-state index is -0.0274. The number of nitrogens with one attached hydrogen (secondary N) is 1. The summed E-state index contributed by atoms with van der Waals surface area (Å²) < 4.78 is 2.16. The average molecular weight is 450 g/mol. The van der Waals surface area contributed by atoms with Crippen LogP contribution in [0, 0.1) is 20.8 Å². The van der Waals surface area contributed by atoms with Gasteiger partial charge in [0.25, 0.3) is 0 Å². The minimum Gasteiger partial charge on any atom is -0.325 e. The van der Waals surface area contributed by atoms with E-state index in [4.69, 9.17) is 0 Å². The molecule has 1 aliphatic rings. The van der Waals surface area contributed by atoms with E-state index in [-0.39, 0.29) is 5.91 Å². The molecule has 1 saturated heterocycles. The third-order valence-corrected chi connectivity index (χ3v) is 6.78. The Kier molecular flexibility index (Phi) is 7.27. The second kappa shape index (κ2) is 10.3. The zero-order chi connectivity index (χ0) is 22.5. The van der Waals surface area contributed by atoms with E-state index in [2.05, 4.69) is 56.2 Å². The van der Waals surface area contributed by atoms with Crippen molar-refractivity contribution < 1.29 is 4.79 Å². The third kappa shape index (κ3) is 5.58. The van der Waals surface area contributed by atoms with Crippen LogP contribution in [0.2, 0.25) is 0 Å². The maximum Gasteiger partial charge on any atom is 0.234 e. The third-order valence-electron chi connectivity index (χ3n) is 5.81. The van der Waals surface area contributed by atoms with Crippen LogP contribution in [0.4, 0.5) is 5.69 Å². The molecular weight excluding hydrogens is 418 g/mol. The van der Waals surface area contributed by atoms with E-state index in [1.807, 2.05) is 32.0 Å². The number of benzene rings is 2. The summed E-state index contributed by atoms with van der Waals surface area (Å²) in [5, 5.41) is 12.8. The topological polar surface area (TPSA) is 63.1 Å². The largest absolute Gasteiger partial charge is 0.325 e. The van der Waals surface area contributed by atoms with Gasteiger partial charge >= 0.3 is 0 Å².